The van der Waals surface area contributed by atoms with Gasteiger partial charge in [0.25, 0.3) is 0 Å². The van der Waals surface area contributed by atoms with Crippen LogP contribution in [-0.4, -0.2) is 28.3 Å². The molecular weight excluding hydrogens is 423 g/mol. The van der Waals surface area contributed by atoms with Crippen molar-refractivity contribution in [2.24, 2.45) is 11.7 Å². The molecule has 2 aromatic heterocycles. The van der Waals surface area contributed by atoms with Crippen molar-refractivity contribution < 1.29 is 27.4 Å². The minimum absolute atomic E-state index is 0.103. The smallest absolute Gasteiger partial charge is 0.419 e. The number of carbonyl (C=O) groups is 1. The summed E-state index contributed by atoms with van der Waals surface area (Å²) in [5.41, 5.74) is 5.53. The number of hydrogen-bond acceptors (Lipinski definition) is 4. The SMILES string of the molecule is Cc1cc2c(-c3ccc(OC[C@](C)(CC(C)C)OC(N)=O)c(C(F)(F)F)c3)ccnc2[nH]1. The van der Waals surface area contributed by atoms with E-state index in [1.54, 1.807) is 25.3 Å². The highest BCUT2D eigenvalue weighted by molar-refractivity contribution is 5.93. The fourth-order valence-electron chi connectivity index (χ4n) is 3.92. The molecule has 6 nitrogen and oxygen atoms in total. The number of pyridine rings is 1. The van der Waals surface area contributed by atoms with E-state index in [4.69, 9.17) is 15.2 Å². The number of H-pyrrole nitrogens is 1. The van der Waals surface area contributed by atoms with Gasteiger partial charge in [-0.05, 0) is 61.6 Å². The van der Waals surface area contributed by atoms with Gasteiger partial charge in [-0.1, -0.05) is 19.9 Å². The van der Waals surface area contributed by atoms with E-state index in [1.807, 2.05) is 26.8 Å². The first kappa shape index (κ1) is 23.4. The van der Waals surface area contributed by atoms with Crippen LogP contribution in [0.3, 0.4) is 0 Å². The van der Waals surface area contributed by atoms with Crippen molar-refractivity contribution in [3.8, 4) is 16.9 Å². The molecule has 0 bridgehead atoms. The molecule has 0 spiro atoms. The lowest BCUT2D eigenvalue weighted by atomic mass is 9.94. The van der Waals surface area contributed by atoms with Gasteiger partial charge in [0.05, 0.1) is 5.56 Å². The Bertz CT molecular complexity index is 1120. The number of fused-ring (bicyclic) bond motifs is 1. The normalized spacial score (nSPS) is 13.9. The van der Waals surface area contributed by atoms with Gasteiger partial charge in [0.1, 0.15) is 23.6 Å². The monoisotopic (exact) mass is 449 g/mol. The number of aromatic amines is 1. The van der Waals surface area contributed by atoms with Gasteiger partial charge in [-0.25, -0.2) is 9.78 Å². The zero-order chi connectivity index (χ0) is 23.7. The summed E-state index contributed by atoms with van der Waals surface area (Å²) >= 11 is 0. The van der Waals surface area contributed by atoms with E-state index in [0.717, 1.165) is 17.1 Å². The first-order valence-electron chi connectivity index (χ1n) is 10.2. The molecule has 32 heavy (non-hydrogen) atoms. The highest BCUT2D eigenvalue weighted by Crippen LogP contribution is 2.40. The Morgan fingerprint density at radius 2 is 1.94 bits per heavy atom. The van der Waals surface area contributed by atoms with E-state index in [-0.39, 0.29) is 18.3 Å². The molecule has 3 rings (SSSR count). The van der Waals surface area contributed by atoms with Crippen LogP contribution in [0.25, 0.3) is 22.2 Å². The number of nitrogens with two attached hydrogens (primary N) is 1. The molecule has 0 saturated carbocycles. The lowest BCUT2D eigenvalue weighted by molar-refractivity contribution is -0.139. The fourth-order valence-corrected chi connectivity index (χ4v) is 3.92. The number of amides is 1. The molecule has 3 aromatic rings. The van der Waals surface area contributed by atoms with Crippen molar-refractivity contribution in [3.05, 3.63) is 47.8 Å². The van der Waals surface area contributed by atoms with E-state index in [9.17, 15) is 18.0 Å². The zero-order valence-corrected chi connectivity index (χ0v) is 18.3. The standard InChI is InChI=1S/C23H26F3N3O3/c1-13(2)11-22(4,32-21(27)30)12-31-19-6-5-15(10-18(19)23(24,25)26)16-7-8-28-20-17(16)9-14(3)29-20/h5-10,13H,11-12H2,1-4H3,(H2,27,30)(H,28,29)/t22-/m0/s1. The number of rotatable bonds is 7. The van der Waals surface area contributed by atoms with Gasteiger partial charge in [0.2, 0.25) is 0 Å². The summed E-state index contributed by atoms with van der Waals surface area (Å²) in [5.74, 6) is -0.244. The van der Waals surface area contributed by atoms with Gasteiger partial charge < -0.3 is 20.2 Å². The van der Waals surface area contributed by atoms with E-state index >= 15 is 0 Å². The van der Waals surface area contributed by atoms with E-state index in [1.165, 1.54) is 6.07 Å². The highest BCUT2D eigenvalue weighted by Gasteiger charge is 2.37. The molecule has 1 amide bonds. The average molecular weight is 449 g/mol. The lowest BCUT2D eigenvalue weighted by Gasteiger charge is -2.30. The van der Waals surface area contributed by atoms with Crippen LogP contribution >= 0.6 is 0 Å². The summed E-state index contributed by atoms with van der Waals surface area (Å²) < 4.78 is 52.4. The summed E-state index contributed by atoms with van der Waals surface area (Å²) in [7, 11) is 0. The first-order chi connectivity index (χ1) is 14.9. The van der Waals surface area contributed by atoms with E-state index in [2.05, 4.69) is 9.97 Å². The van der Waals surface area contributed by atoms with Gasteiger partial charge in [-0.2, -0.15) is 13.2 Å². The number of carbonyl (C=O) groups excluding carboxylic acids is 1. The molecular formula is C23H26F3N3O3. The summed E-state index contributed by atoms with van der Waals surface area (Å²) in [6.45, 7) is 6.97. The summed E-state index contributed by atoms with van der Waals surface area (Å²) in [4.78, 5) is 18.6. The molecule has 9 heteroatoms. The Morgan fingerprint density at radius 3 is 2.56 bits per heavy atom. The first-order valence-corrected chi connectivity index (χ1v) is 10.2. The van der Waals surface area contributed by atoms with Gasteiger partial charge >= 0.3 is 12.3 Å². The van der Waals surface area contributed by atoms with Gasteiger partial charge in [-0.15, -0.1) is 0 Å². The lowest BCUT2D eigenvalue weighted by Crippen LogP contribution is -2.41. The number of ether oxygens (including phenoxy) is 2. The Kier molecular flexibility index (Phi) is 6.39. The van der Waals surface area contributed by atoms with Gasteiger partial charge in [-0.3, -0.25) is 0 Å². The highest BCUT2D eigenvalue weighted by atomic mass is 19.4. The quantitative estimate of drug-likeness (QED) is 0.474. The number of aromatic nitrogens is 2. The number of nitrogens with zero attached hydrogens (tertiary/aromatic N) is 1. The summed E-state index contributed by atoms with van der Waals surface area (Å²) in [5, 5.41) is 0.728. The van der Waals surface area contributed by atoms with Crippen molar-refractivity contribution in [3.63, 3.8) is 0 Å². The van der Waals surface area contributed by atoms with Crippen LogP contribution in [0.5, 0.6) is 5.75 Å². The molecule has 0 aliphatic carbocycles. The minimum atomic E-state index is -4.65. The van der Waals surface area contributed by atoms with Crippen LogP contribution in [0.4, 0.5) is 18.0 Å². The third kappa shape index (κ3) is 5.33. The predicted octanol–water partition coefficient (Wildman–Crippen LogP) is 5.84. The maximum Gasteiger partial charge on any atom is 0.419 e. The Labute approximate surface area is 183 Å². The van der Waals surface area contributed by atoms with Crippen molar-refractivity contribution >= 4 is 17.1 Å². The maximum absolute atomic E-state index is 13.9. The molecule has 0 aliphatic heterocycles. The number of halogens is 3. The average Bonchev–Trinajstić information content (AvgIpc) is 3.04. The molecule has 1 atom stereocenters. The Hall–Kier alpha value is -3.23. The molecule has 0 unspecified atom stereocenters. The summed E-state index contributed by atoms with van der Waals surface area (Å²) in [6, 6.07) is 7.42. The second-order valence-electron chi connectivity index (χ2n) is 8.54. The fraction of sp³-hybridized carbons (Fsp3) is 0.391. The van der Waals surface area contributed by atoms with Crippen molar-refractivity contribution in [1.29, 1.82) is 0 Å². The molecule has 0 fully saturated rings. The van der Waals surface area contributed by atoms with Gasteiger partial charge in [0.15, 0.2) is 0 Å². The molecule has 2 heterocycles. The largest absolute Gasteiger partial charge is 0.489 e. The van der Waals surface area contributed by atoms with Crippen molar-refractivity contribution in [1.82, 2.24) is 9.97 Å². The molecule has 1 aromatic carbocycles. The second-order valence-corrected chi connectivity index (χ2v) is 8.54. The third-order valence-electron chi connectivity index (χ3n) is 4.98. The number of aryl methyl sites for hydroxylation is 1. The molecule has 0 aliphatic rings. The van der Waals surface area contributed by atoms with Crippen LogP contribution in [0.15, 0.2) is 36.5 Å². The predicted molar refractivity (Wildman–Crippen MR) is 115 cm³/mol. The summed E-state index contributed by atoms with van der Waals surface area (Å²) in [6.07, 6.45) is -3.74. The van der Waals surface area contributed by atoms with Crippen LogP contribution in [0, 0.1) is 12.8 Å². The third-order valence-corrected chi connectivity index (χ3v) is 4.98. The van der Waals surface area contributed by atoms with Gasteiger partial charge in [0, 0.05) is 17.3 Å². The molecule has 3 N–H and O–H groups in total. The molecule has 0 radical (unpaired) electrons. The van der Waals surface area contributed by atoms with Crippen LogP contribution in [0.1, 0.15) is 38.4 Å². The van der Waals surface area contributed by atoms with Crippen molar-refractivity contribution in [2.75, 3.05) is 6.61 Å². The number of benzene rings is 1. The number of alkyl halides is 3. The molecule has 172 valence electrons. The maximum atomic E-state index is 13.9. The minimum Gasteiger partial charge on any atom is -0.489 e. The van der Waals surface area contributed by atoms with Crippen molar-refractivity contribution in [2.45, 2.75) is 45.9 Å². The number of primary amides is 1. The zero-order valence-electron chi connectivity index (χ0n) is 18.3. The molecule has 0 saturated heterocycles. The van der Waals surface area contributed by atoms with Crippen LogP contribution in [0.2, 0.25) is 0 Å². The Balaban J connectivity index is 1.98. The number of nitrogens with one attached hydrogen (secondary N) is 1. The van der Waals surface area contributed by atoms with Crippen LogP contribution in [-0.2, 0) is 10.9 Å². The van der Waals surface area contributed by atoms with Crippen LogP contribution < -0.4 is 10.5 Å². The topological polar surface area (TPSA) is 90.2 Å². The van der Waals surface area contributed by atoms with E-state index < -0.39 is 23.4 Å². The Morgan fingerprint density at radius 1 is 1.22 bits per heavy atom. The second kappa shape index (κ2) is 8.72. The van der Waals surface area contributed by atoms with E-state index in [0.29, 0.717) is 23.2 Å². The number of hydrogen-bond donors (Lipinski definition) is 2.